The van der Waals surface area contributed by atoms with Crippen LogP contribution in [0.15, 0.2) is 36.7 Å². The second-order valence-electron chi connectivity index (χ2n) is 6.61. The fourth-order valence-electron chi connectivity index (χ4n) is 3.55. The first-order chi connectivity index (χ1) is 12.0. The lowest BCUT2D eigenvalue weighted by Gasteiger charge is -2.23. The lowest BCUT2D eigenvalue weighted by molar-refractivity contribution is 0.312. The van der Waals surface area contributed by atoms with Crippen LogP contribution in [0.25, 0.3) is 22.7 Å². The number of benzene rings is 1. The Morgan fingerprint density at radius 3 is 2.64 bits per heavy atom. The number of aromatic nitrogens is 2. The number of allylic oxidation sites excluding steroid dienone is 1. The number of hydrogen-bond acceptors (Lipinski definition) is 2. The van der Waals surface area contributed by atoms with Crippen LogP contribution in [0, 0.1) is 0 Å². The lowest BCUT2D eigenvalue weighted by atomic mass is 10.1. The second-order valence-corrected chi connectivity index (χ2v) is 7.43. The maximum absolute atomic E-state index is 6.32. The number of pyridine rings is 1. The molecule has 0 amide bonds. The van der Waals surface area contributed by atoms with Crippen molar-refractivity contribution in [1.29, 1.82) is 0 Å². The third kappa shape index (κ3) is 2.97. The number of halogens is 2. The fourth-order valence-corrected chi connectivity index (χ4v) is 3.87. The van der Waals surface area contributed by atoms with Crippen molar-refractivity contribution in [3.8, 4) is 0 Å². The zero-order valence-corrected chi connectivity index (χ0v) is 15.8. The molecule has 3 heterocycles. The molecule has 4 rings (SSSR count). The smallest absolute Gasteiger partial charge is 0.0613 e. The minimum absolute atomic E-state index is 0.591. The number of rotatable bonds is 2. The summed E-state index contributed by atoms with van der Waals surface area (Å²) < 4.78 is 2.29. The molecule has 0 atom stereocenters. The molecule has 0 spiro atoms. The molecule has 0 radical (unpaired) electrons. The average Bonchev–Trinajstić information content (AvgIpc) is 2.89. The van der Waals surface area contributed by atoms with Crippen LogP contribution < -0.4 is 0 Å². The van der Waals surface area contributed by atoms with Gasteiger partial charge in [-0.1, -0.05) is 23.2 Å². The summed E-state index contributed by atoms with van der Waals surface area (Å²) in [4.78, 5) is 6.44. The Kier molecular flexibility index (Phi) is 4.32. The molecule has 1 aromatic carbocycles. The molecule has 0 unspecified atom stereocenters. The molecule has 0 N–H and O–H groups in total. The van der Waals surface area contributed by atoms with Gasteiger partial charge in [-0.05, 0) is 54.9 Å². The van der Waals surface area contributed by atoms with Crippen molar-refractivity contribution in [1.82, 2.24) is 14.5 Å². The van der Waals surface area contributed by atoms with Gasteiger partial charge in [0.25, 0.3) is 0 Å². The third-order valence-corrected chi connectivity index (χ3v) is 5.60. The van der Waals surface area contributed by atoms with Crippen LogP contribution in [0.1, 0.15) is 23.7 Å². The second kappa shape index (κ2) is 6.49. The van der Waals surface area contributed by atoms with E-state index < -0.39 is 0 Å². The topological polar surface area (TPSA) is 21.1 Å². The van der Waals surface area contributed by atoms with Gasteiger partial charge < -0.3 is 9.47 Å². The van der Waals surface area contributed by atoms with Gasteiger partial charge in [0.2, 0.25) is 0 Å². The Labute approximate surface area is 157 Å². The quantitative estimate of drug-likeness (QED) is 0.605. The van der Waals surface area contributed by atoms with E-state index in [9.17, 15) is 0 Å². The molecular weight excluding hydrogens is 353 g/mol. The van der Waals surface area contributed by atoms with Crippen LogP contribution in [0.4, 0.5) is 0 Å². The Hall–Kier alpha value is -1.81. The first-order valence-corrected chi connectivity index (χ1v) is 9.08. The van der Waals surface area contributed by atoms with Crippen LogP contribution in [-0.4, -0.2) is 28.0 Å². The number of nitrogens with zero attached hydrogens (tertiary/aromatic N) is 3. The summed E-state index contributed by atoms with van der Waals surface area (Å²) >= 11 is 12.6. The molecule has 1 aliphatic heterocycles. The maximum atomic E-state index is 6.32. The molecule has 5 heteroatoms. The Morgan fingerprint density at radius 1 is 1.16 bits per heavy atom. The van der Waals surface area contributed by atoms with Crippen LogP contribution in [0.3, 0.4) is 0 Å². The number of fused-ring (bicyclic) bond motifs is 3. The fraction of sp³-hybridized carbons (Fsp3) is 0.250. The molecule has 0 bridgehead atoms. The zero-order valence-electron chi connectivity index (χ0n) is 14.3. The average molecular weight is 372 g/mol. The Bertz CT molecular complexity index is 974. The summed E-state index contributed by atoms with van der Waals surface area (Å²) in [7, 11) is 2.15. The summed E-state index contributed by atoms with van der Waals surface area (Å²) in [5, 5.41) is 2.39. The van der Waals surface area contributed by atoms with E-state index in [1.807, 2.05) is 36.7 Å². The van der Waals surface area contributed by atoms with Crippen molar-refractivity contribution in [3.63, 3.8) is 0 Å². The molecule has 3 aromatic rings. The normalized spacial score (nSPS) is 15.6. The van der Waals surface area contributed by atoms with Gasteiger partial charge >= 0.3 is 0 Å². The standard InChI is InChI=1S/C20H19Cl2N3/c1-13(14-3-6-23-7-4-14)11-25-19-5-8-24(2)12-16(19)15-9-17(21)18(22)10-20(15)25/h3-4,6-7,9-11H,5,8,12H2,1-2H3/b13-11-. The van der Waals surface area contributed by atoms with Gasteiger partial charge in [-0.15, -0.1) is 0 Å². The molecule has 0 aliphatic carbocycles. The maximum Gasteiger partial charge on any atom is 0.0613 e. The molecule has 0 saturated heterocycles. The predicted octanol–water partition coefficient (Wildman–Crippen LogP) is 5.35. The summed E-state index contributed by atoms with van der Waals surface area (Å²) in [6.07, 6.45) is 6.85. The van der Waals surface area contributed by atoms with Gasteiger partial charge in [0.15, 0.2) is 0 Å². The van der Waals surface area contributed by atoms with E-state index in [2.05, 4.69) is 34.6 Å². The summed E-state index contributed by atoms with van der Waals surface area (Å²) in [6, 6.07) is 8.04. The first-order valence-electron chi connectivity index (χ1n) is 8.32. The molecular formula is C20H19Cl2N3. The third-order valence-electron chi connectivity index (χ3n) is 4.88. The van der Waals surface area contributed by atoms with Gasteiger partial charge in [0.05, 0.1) is 15.6 Å². The SMILES string of the molecule is C/C(=C/n1c2c(c3cc(Cl)c(Cl)cc31)CN(C)CC2)c1ccncc1. The van der Waals surface area contributed by atoms with Crippen molar-refractivity contribution < 1.29 is 0 Å². The van der Waals surface area contributed by atoms with Crippen LogP contribution >= 0.6 is 23.2 Å². The highest BCUT2D eigenvalue weighted by molar-refractivity contribution is 6.42. The van der Waals surface area contributed by atoms with E-state index in [1.54, 1.807) is 0 Å². The highest BCUT2D eigenvalue weighted by Gasteiger charge is 2.22. The highest BCUT2D eigenvalue weighted by Crippen LogP contribution is 2.36. The van der Waals surface area contributed by atoms with E-state index >= 15 is 0 Å². The van der Waals surface area contributed by atoms with Crippen molar-refractivity contribution >= 4 is 45.9 Å². The molecule has 128 valence electrons. The highest BCUT2D eigenvalue weighted by atomic mass is 35.5. The monoisotopic (exact) mass is 371 g/mol. The summed E-state index contributed by atoms with van der Waals surface area (Å²) in [5.74, 6) is 0. The Balaban J connectivity index is 1.96. The minimum atomic E-state index is 0.591. The van der Waals surface area contributed by atoms with Crippen molar-refractivity contribution in [2.45, 2.75) is 19.9 Å². The van der Waals surface area contributed by atoms with E-state index in [0.29, 0.717) is 10.0 Å². The summed E-state index contributed by atoms with van der Waals surface area (Å²) in [5.41, 5.74) is 6.16. The molecule has 3 nitrogen and oxygen atoms in total. The molecule has 0 saturated carbocycles. The van der Waals surface area contributed by atoms with Crippen molar-refractivity contribution in [3.05, 3.63) is 63.5 Å². The van der Waals surface area contributed by atoms with Gasteiger partial charge in [-0.3, -0.25) is 4.98 Å². The van der Waals surface area contributed by atoms with Crippen LogP contribution in [0.5, 0.6) is 0 Å². The van der Waals surface area contributed by atoms with Crippen molar-refractivity contribution in [2.24, 2.45) is 0 Å². The van der Waals surface area contributed by atoms with Crippen LogP contribution in [-0.2, 0) is 13.0 Å². The molecule has 0 fully saturated rings. The predicted molar refractivity (Wildman–Crippen MR) is 106 cm³/mol. The molecule has 1 aliphatic rings. The van der Waals surface area contributed by atoms with Gasteiger partial charge in [-0.25, -0.2) is 0 Å². The van der Waals surface area contributed by atoms with E-state index in [-0.39, 0.29) is 0 Å². The summed E-state index contributed by atoms with van der Waals surface area (Å²) in [6.45, 7) is 4.10. The first kappa shape index (κ1) is 16.6. The minimum Gasteiger partial charge on any atom is -0.320 e. The van der Waals surface area contributed by atoms with Gasteiger partial charge in [0.1, 0.15) is 0 Å². The largest absolute Gasteiger partial charge is 0.320 e. The Morgan fingerprint density at radius 2 is 1.88 bits per heavy atom. The number of likely N-dealkylation sites (N-methyl/N-ethyl adjacent to an activating group) is 1. The molecule has 25 heavy (non-hydrogen) atoms. The zero-order chi connectivity index (χ0) is 17.6. The van der Waals surface area contributed by atoms with Crippen molar-refractivity contribution in [2.75, 3.05) is 13.6 Å². The lowest BCUT2D eigenvalue weighted by Crippen LogP contribution is -2.26. The van der Waals surface area contributed by atoms with E-state index in [1.165, 1.54) is 27.8 Å². The van der Waals surface area contributed by atoms with E-state index in [4.69, 9.17) is 23.2 Å². The van der Waals surface area contributed by atoms with Crippen LogP contribution in [0.2, 0.25) is 10.0 Å². The molecule has 2 aromatic heterocycles. The van der Waals surface area contributed by atoms with Gasteiger partial charge in [0, 0.05) is 49.2 Å². The van der Waals surface area contributed by atoms with Gasteiger partial charge in [-0.2, -0.15) is 0 Å². The number of hydrogen-bond donors (Lipinski definition) is 0. The van der Waals surface area contributed by atoms with E-state index in [0.717, 1.165) is 25.0 Å².